The average Bonchev–Trinajstić information content (AvgIpc) is 3.68. The first-order valence-electron chi connectivity index (χ1n) is 14.7. The van der Waals surface area contributed by atoms with Crippen molar-refractivity contribution < 1.29 is 33.7 Å². The van der Waals surface area contributed by atoms with Gasteiger partial charge in [0.2, 0.25) is 0 Å². The molecule has 1 saturated heterocycles. The number of aliphatic hydroxyl groups excluding tert-OH is 1. The number of aromatic nitrogens is 1. The number of carbonyl (C=O) groups excluding carboxylic acids is 3. The number of anilines is 1. The Labute approximate surface area is 264 Å². The van der Waals surface area contributed by atoms with Crippen LogP contribution in [0.15, 0.2) is 72.3 Å². The van der Waals surface area contributed by atoms with Crippen LogP contribution in [0.2, 0.25) is 0 Å². The monoisotopic (exact) mass is 624 g/mol. The van der Waals surface area contributed by atoms with E-state index in [2.05, 4.69) is 4.98 Å². The predicted octanol–water partition coefficient (Wildman–Crippen LogP) is 6.58. The van der Waals surface area contributed by atoms with Gasteiger partial charge in [-0.15, -0.1) is 0 Å². The van der Waals surface area contributed by atoms with E-state index in [4.69, 9.17) is 14.2 Å². The SMILES string of the molecule is CCOc1cc([C@H]2/C(=C(\O)c3ccc4c(c3)C[C@@H](C)O4)C(=O)C(=O)N2c2nc(C)c(C(C)=O)s2)ccc1OCc1ccccc1. The van der Waals surface area contributed by atoms with Gasteiger partial charge in [-0.1, -0.05) is 47.7 Å². The lowest BCUT2D eigenvalue weighted by Gasteiger charge is -2.24. The Morgan fingerprint density at radius 2 is 1.84 bits per heavy atom. The smallest absolute Gasteiger partial charge is 0.301 e. The summed E-state index contributed by atoms with van der Waals surface area (Å²) in [5.74, 6) is -0.604. The summed E-state index contributed by atoms with van der Waals surface area (Å²) in [5.41, 5.74) is 3.13. The molecule has 2 aliphatic rings. The van der Waals surface area contributed by atoms with E-state index in [1.807, 2.05) is 44.2 Å². The van der Waals surface area contributed by atoms with Gasteiger partial charge in [-0.05, 0) is 67.8 Å². The van der Waals surface area contributed by atoms with E-state index in [0.717, 1.165) is 28.2 Å². The van der Waals surface area contributed by atoms with Gasteiger partial charge in [0.15, 0.2) is 22.4 Å². The zero-order valence-electron chi connectivity index (χ0n) is 25.3. The van der Waals surface area contributed by atoms with Crippen molar-refractivity contribution in [3.8, 4) is 17.2 Å². The topological polar surface area (TPSA) is 115 Å². The Hall–Kier alpha value is -4.96. The van der Waals surface area contributed by atoms with E-state index in [9.17, 15) is 19.5 Å². The number of carbonyl (C=O) groups is 3. The lowest BCUT2D eigenvalue weighted by molar-refractivity contribution is -0.132. The maximum absolute atomic E-state index is 13.8. The van der Waals surface area contributed by atoms with Gasteiger partial charge >= 0.3 is 5.91 Å². The molecule has 1 N–H and O–H groups in total. The maximum Gasteiger partial charge on any atom is 0.301 e. The van der Waals surface area contributed by atoms with E-state index in [-0.39, 0.29) is 28.4 Å². The second-order valence-electron chi connectivity index (χ2n) is 11.0. The van der Waals surface area contributed by atoms with Crippen LogP contribution in [0.3, 0.4) is 0 Å². The number of thiazole rings is 1. The first-order chi connectivity index (χ1) is 21.7. The average molecular weight is 625 g/mol. The normalized spacial score (nSPS) is 18.5. The van der Waals surface area contributed by atoms with Crippen molar-refractivity contribution >= 4 is 39.7 Å². The number of ether oxygens (including phenoxy) is 3. The van der Waals surface area contributed by atoms with Crippen LogP contribution >= 0.6 is 11.3 Å². The number of amides is 1. The van der Waals surface area contributed by atoms with Crippen molar-refractivity contribution in [2.24, 2.45) is 0 Å². The molecule has 0 unspecified atom stereocenters. The van der Waals surface area contributed by atoms with Crippen LogP contribution in [0.1, 0.15) is 64.4 Å². The molecule has 0 saturated carbocycles. The quantitative estimate of drug-likeness (QED) is 0.0961. The number of nitrogens with zero attached hydrogens (tertiary/aromatic N) is 2. The molecule has 6 rings (SSSR count). The van der Waals surface area contributed by atoms with Crippen LogP contribution < -0.4 is 19.1 Å². The number of rotatable bonds is 9. The van der Waals surface area contributed by atoms with Crippen molar-refractivity contribution in [2.45, 2.75) is 52.9 Å². The van der Waals surface area contributed by atoms with Crippen molar-refractivity contribution in [1.82, 2.24) is 4.98 Å². The van der Waals surface area contributed by atoms with E-state index < -0.39 is 17.7 Å². The molecule has 45 heavy (non-hydrogen) atoms. The standard InChI is InChI=1S/C35H32N2O7S/c1-5-42-28-17-23(11-14-27(28)43-18-22-9-7-6-8-10-22)30-29(31(39)24-12-13-26-25(16-24)15-19(2)44-26)32(40)34(41)37(30)35-36-20(3)33(45-35)21(4)38/h6-14,16-17,19,30,39H,5,15,18H2,1-4H3/b31-29+/t19-,30+/m1/s1. The molecule has 230 valence electrons. The summed E-state index contributed by atoms with van der Waals surface area (Å²) in [4.78, 5) is 45.9. The molecule has 3 heterocycles. The van der Waals surface area contributed by atoms with E-state index in [1.54, 1.807) is 43.3 Å². The van der Waals surface area contributed by atoms with Gasteiger partial charge in [0.05, 0.1) is 28.8 Å². The molecule has 0 radical (unpaired) electrons. The molecular weight excluding hydrogens is 592 g/mol. The van der Waals surface area contributed by atoms with Crippen LogP contribution in [0.25, 0.3) is 5.76 Å². The molecule has 10 heteroatoms. The Morgan fingerprint density at radius 1 is 1.07 bits per heavy atom. The summed E-state index contributed by atoms with van der Waals surface area (Å²) < 4.78 is 17.9. The zero-order chi connectivity index (χ0) is 31.8. The summed E-state index contributed by atoms with van der Waals surface area (Å²) in [7, 11) is 0. The van der Waals surface area contributed by atoms with Gasteiger partial charge in [0.25, 0.3) is 5.78 Å². The number of benzene rings is 3. The Bertz CT molecular complexity index is 1850. The second kappa shape index (κ2) is 12.2. The van der Waals surface area contributed by atoms with Gasteiger partial charge in [0, 0.05) is 18.9 Å². The molecule has 1 fully saturated rings. The lowest BCUT2D eigenvalue weighted by atomic mass is 9.94. The molecule has 9 nitrogen and oxygen atoms in total. The summed E-state index contributed by atoms with van der Waals surface area (Å²) in [5, 5.41) is 11.9. The minimum atomic E-state index is -1.05. The van der Waals surface area contributed by atoms with Crippen molar-refractivity contribution in [3.05, 3.63) is 105 Å². The molecule has 0 bridgehead atoms. The van der Waals surface area contributed by atoms with Crippen LogP contribution in [-0.2, 0) is 22.6 Å². The van der Waals surface area contributed by atoms with Crippen LogP contribution in [-0.4, -0.2) is 40.3 Å². The summed E-state index contributed by atoms with van der Waals surface area (Å²) >= 11 is 1.03. The van der Waals surface area contributed by atoms with Crippen LogP contribution in [0, 0.1) is 6.92 Å². The lowest BCUT2D eigenvalue weighted by Crippen LogP contribution is -2.29. The number of aryl methyl sites for hydroxylation is 1. The second-order valence-corrected chi connectivity index (χ2v) is 12.0. The Kier molecular flexibility index (Phi) is 8.16. The zero-order valence-corrected chi connectivity index (χ0v) is 26.1. The predicted molar refractivity (Wildman–Crippen MR) is 170 cm³/mol. The molecule has 2 atom stereocenters. The minimum absolute atomic E-state index is 0.00815. The van der Waals surface area contributed by atoms with E-state index in [0.29, 0.717) is 52.8 Å². The number of fused-ring (bicyclic) bond motifs is 1. The fourth-order valence-electron chi connectivity index (χ4n) is 5.70. The van der Waals surface area contributed by atoms with Crippen molar-refractivity contribution in [2.75, 3.05) is 11.5 Å². The molecular formula is C35H32N2O7S. The molecule has 1 aromatic heterocycles. The molecule has 3 aromatic carbocycles. The summed E-state index contributed by atoms with van der Waals surface area (Å²) in [6, 6.07) is 19.0. The summed E-state index contributed by atoms with van der Waals surface area (Å²) in [6.45, 7) is 7.57. The number of Topliss-reactive ketones (excluding diaryl/α,β-unsaturated/α-hetero) is 2. The van der Waals surface area contributed by atoms with Crippen molar-refractivity contribution in [3.63, 3.8) is 0 Å². The molecule has 4 aromatic rings. The van der Waals surface area contributed by atoms with Gasteiger partial charge < -0.3 is 19.3 Å². The Balaban J connectivity index is 1.48. The number of aliphatic hydroxyl groups is 1. The van der Waals surface area contributed by atoms with Gasteiger partial charge in [-0.25, -0.2) is 4.98 Å². The third-order valence-corrected chi connectivity index (χ3v) is 9.00. The molecule has 0 spiro atoms. The molecule has 2 aliphatic heterocycles. The first kappa shape index (κ1) is 30.1. The third kappa shape index (κ3) is 5.69. The van der Waals surface area contributed by atoms with Gasteiger partial charge in [-0.2, -0.15) is 0 Å². The number of hydrogen-bond acceptors (Lipinski definition) is 9. The first-order valence-corrected chi connectivity index (χ1v) is 15.5. The van der Waals surface area contributed by atoms with Crippen molar-refractivity contribution in [1.29, 1.82) is 0 Å². The van der Waals surface area contributed by atoms with E-state index in [1.165, 1.54) is 11.8 Å². The minimum Gasteiger partial charge on any atom is -0.507 e. The van der Waals surface area contributed by atoms with E-state index >= 15 is 0 Å². The van der Waals surface area contributed by atoms with Crippen LogP contribution in [0.4, 0.5) is 5.13 Å². The highest BCUT2D eigenvalue weighted by molar-refractivity contribution is 7.18. The maximum atomic E-state index is 13.8. The van der Waals surface area contributed by atoms with Crippen LogP contribution in [0.5, 0.6) is 17.2 Å². The molecule has 1 amide bonds. The molecule has 0 aliphatic carbocycles. The van der Waals surface area contributed by atoms with Gasteiger partial charge in [-0.3, -0.25) is 19.3 Å². The third-order valence-electron chi connectivity index (χ3n) is 7.75. The summed E-state index contributed by atoms with van der Waals surface area (Å²) in [6.07, 6.45) is 0.647. The highest BCUT2D eigenvalue weighted by atomic mass is 32.1. The fourth-order valence-corrected chi connectivity index (χ4v) is 6.69. The largest absolute Gasteiger partial charge is 0.507 e. The highest BCUT2D eigenvalue weighted by Gasteiger charge is 2.48. The Morgan fingerprint density at radius 3 is 2.56 bits per heavy atom. The van der Waals surface area contributed by atoms with Gasteiger partial charge in [0.1, 0.15) is 24.2 Å². The number of hydrogen-bond donors (Lipinski definition) is 1. The highest BCUT2D eigenvalue weighted by Crippen LogP contribution is 2.46. The fraction of sp³-hybridized carbons (Fsp3) is 0.257. The number of ketones is 2.